The lowest BCUT2D eigenvalue weighted by molar-refractivity contribution is -0.138. The molecular weight excluding hydrogens is 338 g/mol. The molecule has 0 aliphatic carbocycles. The molecule has 1 N–H and O–H groups in total. The first-order valence-electron chi connectivity index (χ1n) is 9.10. The predicted octanol–water partition coefficient (Wildman–Crippen LogP) is 1.99. The average molecular weight is 363 g/mol. The van der Waals surface area contributed by atoms with Crippen molar-refractivity contribution in [3.8, 4) is 0 Å². The van der Waals surface area contributed by atoms with Crippen LogP contribution in [-0.4, -0.2) is 57.9 Å². The summed E-state index contributed by atoms with van der Waals surface area (Å²) in [4.78, 5) is 29.0. The highest BCUT2D eigenvalue weighted by Gasteiger charge is 2.52. The van der Waals surface area contributed by atoms with Gasteiger partial charge in [-0.15, -0.1) is 11.8 Å². The van der Waals surface area contributed by atoms with Gasteiger partial charge in [0.15, 0.2) is 0 Å². The molecule has 136 valence electrons. The Morgan fingerprint density at radius 2 is 2.28 bits per heavy atom. The van der Waals surface area contributed by atoms with Crippen LogP contribution < -0.4 is 5.32 Å². The SMILES string of the molecule is CC12CCC(=O)N1C(C(=O)NCC(c1ccco1)N1CCCC1)CS2. The normalized spacial score (nSPS) is 30.7. The number of amides is 2. The van der Waals surface area contributed by atoms with Gasteiger partial charge in [-0.05, 0) is 51.4 Å². The van der Waals surface area contributed by atoms with E-state index >= 15 is 0 Å². The Morgan fingerprint density at radius 1 is 1.48 bits per heavy atom. The van der Waals surface area contributed by atoms with Crippen LogP contribution in [0.2, 0.25) is 0 Å². The number of nitrogens with one attached hydrogen (secondary N) is 1. The molecule has 0 aromatic carbocycles. The minimum absolute atomic E-state index is 0.0396. The van der Waals surface area contributed by atoms with Crippen molar-refractivity contribution in [2.45, 2.75) is 49.6 Å². The second-order valence-corrected chi connectivity index (χ2v) is 8.79. The van der Waals surface area contributed by atoms with Gasteiger partial charge < -0.3 is 14.6 Å². The van der Waals surface area contributed by atoms with Crippen LogP contribution in [0.4, 0.5) is 0 Å². The molecule has 2 amide bonds. The molecule has 1 aromatic rings. The van der Waals surface area contributed by atoms with Crippen LogP contribution in [0.25, 0.3) is 0 Å². The van der Waals surface area contributed by atoms with Crippen molar-refractivity contribution >= 4 is 23.6 Å². The van der Waals surface area contributed by atoms with Crippen LogP contribution in [0.3, 0.4) is 0 Å². The van der Waals surface area contributed by atoms with E-state index in [0.717, 1.165) is 25.3 Å². The number of furan rings is 1. The monoisotopic (exact) mass is 363 g/mol. The van der Waals surface area contributed by atoms with Crippen molar-refractivity contribution in [1.29, 1.82) is 0 Å². The number of nitrogens with zero attached hydrogens (tertiary/aromatic N) is 2. The van der Waals surface area contributed by atoms with Gasteiger partial charge in [0, 0.05) is 18.7 Å². The molecule has 7 heteroatoms. The Hall–Kier alpha value is -1.47. The van der Waals surface area contributed by atoms with Gasteiger partial charge in [0.1, 0.15) is 11.8 Å². The van der Waals surface area contributed by atoms with Crippen molar-refractivity contribution in [2.24, 2.45) is 0 Å². The first kappa shape index (κ1) is 17.0. The van der Waals surface area contributed by atoms with Gasteiger partial charge >= 0.3 is 0 Å². The van der Waals surface area contributed by atoms with E-state index in [2.05, 4.69) is 17.1 Å². The molecule has 3 aliphatic heterocycles. The summed E-state index contributed by atoms with van der Waals surface area (Å²) in [5.41, 5.74) is 0. The highest BCUT2D eigenvalue weighted by atomic mass is 32.2. The summed E-state index contributed by atoms with van der Waals surface area (Å²) in [6, 6.07) is 3.58. The fourth-order valence-electron chi connectivity index (χ4n) is 4.27. The minimum Gasteiger partial charge on any atom is -0.468 e. The number of hydrogen-bond donors (Lipinski definition) is 1. The van der Waals surface area contributed by atoms with E-state index in [9.17, 15) is 9.59 Å². The number of hydrogen-bond acceptors (Lipinski definition) is 5. The third kappa shape index (κ3) is 3.08. The molecule has 3 aliphatic rings. The molecule has 0 saturated carbocycles. The zero-order chi connectivity index (χ0) is 17.4. The summed E-state index contributed by atoms with van der Waals surface area (Å²) >= 11 is 1.73. The van der Waals surface area contributed by atoms with Crippen molar-refractivity contribution in [3.63, 3.8) is 0 Å². The van der Waals surface area contributed by atoms with Crippen molar-refractivity contribution in [2.75, 3.05) is 25.4 Å². The van der Waals surface area contributed by atoms with Crippen molar-refractivity contribution < 1.29 is 14.0 Å². The van der Waals surface area contributed by atoms with Crippen LogP contribution >= 0.6 is 11.8 Å². The maximum Gasteiger partial charge on any atom is 0.243 e. The molecule has 3 fully saturated rings. The molecule has 3 atom stereocenters. The summed E-state index contributed by atoms with van der Waals surface area (Å²) in [6.07, 6.45) is 5.44. The van der Waals surface area contributed by atoms with Gasteiger partial charge in [-0.2, -0.15) is 0 Å². The molecule has 25 heavy (non-hydrogen) atoms. The van der Waals surface area contributed by atoms with E-state index in [0.29, 0.717) is 18.7 Å². The van der Waals surface area contributed by atoms with E-state index in [1.54, 1.807) is 18.0 Å². The Labute approximate surface area is 152 Å². The number of thioether (sulfide) groups is 1. The molecule has 6 nitrogen and oxygen atoms in total. The summed E-state index contributed by atoms with van der Waals surface area (Å²) in [7, 11) is 0. The zero-order valence-corrected chi connectivity index (χ0v) is 15.4. The van der Waals surface area contributed by atoms with Crippen LogP contribution in [0.5, 0.6) is 0 Å². The second-order valence-electron chi connectivity index (χ2n) is 7.29. The molecule has 1 aromatic heterocycles. The fraction of sp³-hybridized carbons (Fsp3) is 0.667. The van der Waals surface area contributed by atoms with Crippen molar-refractivity contribution in [1.82, 2.24) is 15.1 Å². The lowest BCUT2D eigenvalue weighted by Gasteiger charge is -2.31. The van der Waals surface area contributed by atoms with Gasteiger partial charge in [0.2, 0.25) is 11.8 Å². The third-order valence-electron chi connectivity index (χ3n) is 5.67. The topological polar surface area (TPSA) is 65.8 Å². The van der Waals surface area contributed by atoms with Gasteiger partial charge in [-0.3, -0.25) is 14.5 Å². The van der Waals surface area contributed by atoms with Crippen LogP contribution in [0.15, 0.2) is 22.8 Å². The second kappa shape index (κ2) is 6.68. The summed E-state index contributed by atoms with van der Waals surface area (Å²) in [6.45, 7) is 4.66. The summed E-state index contributed by atoms with van der Waals surface area (Å²) in [5.74, 6) is 1.64. The highest BCUT2D eigenvalue weighted by molar-refractivity contribution is 8.01. The summed E-state index contributed by atoms with van der Waals surface area (Å²) in [5, 5.41) is 3.09. The average Bonchev–Trinajstić information content (AvgIpc) is 3.35. The first-order valence-corrected chi connectivity index (χ1v) is 10.1. The van der Waals surface area contributed by atoms with Gasteiger partial charge in [-0.1, -0.05) is 0 Å². The lowest BCUT2D eigenvalue weighted by Crippen LogP contribution is -2.51. The van der Waals surface area contributed by atoms with E-state index in [1.807, 2.05) is 17.0 Å². The van der Waals surface area contributed by atoms with Gasteiger partial charge in [0.05, 0.1) is 17.2 Å². The van der Waals surface area contributed by atoms with E-state index in [-0.39, 0.29) is 28.8 Å². The predicted molar refractivity (Wildman–Crippen MR) is 96.0 cm³/mol. The molecule has 4 heterocycles. The zero-order valence-electron chi connectivity index (χ0n) is 14.6. The number of carbonyl (C=O) groups excluding carboxylic acids is 2. The molecule has 3 unspecified atom stereocenters. The van der Waals surface area contributed by atoms with Crippen molar-refractivity contribution in [3.05, 3.63) is 24.2 Å². The Balaban J connectivity index is 1.42. The smallest absolute Gasteiger partial charge is 0.243 e. The first-order chi connectivity index (χ1) is 12.1. The molecule has 0 radical (unpaired) electrons. The highest BCUT2D eigenvalue weighted by Crippen LogP contribution is 2.47. The molecule has 4 rings (SSSR count). The number of likely N-dealkylation sites (tertiary alicyclic amines) is 1. The molecular formula is C18H25N3O3S. The lowest BCUT2D eigenvalue weighted by atomic mass is 10.1. The molecule has 0 spiro atoms. The van der Waals surface area contributed by atoms with Crippen LogP contribution in [0.1, 0.15) is 44.4 Å². The Bertz CT molecular complexity index is 644. The molecule has 3 saturated heterocycles. The van der Waals surface area contributed by atoms with Gasteiger partial charge in [0.25, 0.3) is 0 Å². The number of rotatable bonds is 5. The van der Waals surface area contributed by atoms with Crippen LogP contribution in [0, 0.1) is 0 Å². The maximum absolute atomic E-state index is 12.8. The van der Waals surface area contributed by atoms with Gasteiger partial charge in [-0.25, -0.2) is 0 Å². The van der Waals surface area contributed by atoms with E-state index < -0.39 is 0 Å². The standard InChI is InChI=1S/C18H25N3O3S/c1-18-7-6-16(22)21(18)14(12-25-18)17(23)19-11-13(15-5-4-10-24-15)20-8-2-3-9-20/h4-5,10,13-14H,2-3,6-9,11-12H2,1H3,(H,19,23). The van der Waals surface area contributed by atoms with Crippen LogP contribution in [-0.2, 0) is 9.59 Å². The minimum atomic E-state index is -0.346. The maximum atomic E-state index is 12.8. The summed E-state index contributed by atoms with van der Waals surface area (Å²) < 4.78 is 5.61. The largest absolute Gasteiger partial charge is 0.468 e. The number of carbonyl (C=O) groups is 2. The Morgan fingerprint density at radius 3 is 3.00 bits per heavy atom. The molecule has 0 bridgehead atoms. The third-order valence-corrected chi connectivity index (χ3v) is 7.18. The van der Waals surface area contributed by atoms with E-state index in [4.69, 9.17) is 4.42 Å². The number of fused-ring (bicyclic) bond motifs is 1. The fourth-order valence-corrected chi connectivity index (χ4v) is 5.71. The van der Waals surface area contributed by atoms with E-state index in [1.165, 1.54) is 12.8 Å². The quantitative estimate of drug-likeness (QED) is 0.867. The Kier molecular flexibility index (Phi) is 4.54.